The molecule has 0 spiro atoms. The lowest BCUT2D eigenvalue weighted by Gasteiger charge is -2.25. The molecule has 0 aliphatic carbocycles. The number of carbonyl (C=O) groups excluding carboxylic acids is 2. The SMILES string of the molecule is CC[C@H](C)[C@H](NC(C)=O)C(=O)N[C@@H](C)c1ccc(-n2cncn2)cc1. The number of nitrogens with one attached hydrogen (secondary N) is 2. The van der Waals surface area contributed by atoms with Gasteiger partial charge in [-0.05, 0) is 30.5 Å². The van der Waals surface area contributed by atoms with Crippen LogP contribution in [0.15, 0.2) is 36.9 Å². The maximum atomic E-state index is 12.6. The van der Waals surface area contributed by atoms with Gasteiger partial charge in [0.2, 0.25) is 11.8 Å². The summed E-state index contributed by atoms with van der Waals surface area (Å²) in [6, 6.07) is 7.04. The first-order valence-electron chi connectivity index (χ1n) is 8.44. The van der Waals surface area contributed by atoms with Gasteiger partial charge in [0.15, 0.2) is 0 Å². The summed E-state index contributed by atoms with van der Waals surface area (Å²) in [7, 11) is 0. The third kappa shape index (κ3) is 4.89. The molecule has 0 bridgehead atoms. The van der Waals surface area contributed by atoms with Crippen LogP contribution in [0.4, 0.5) is 0 Å². The maximum Gasteiger partial charge on any atom is 0.243 e. The molecule has 1 aromatic heterocycles. The van der Waals surface area contributed by atoms with Crippen molar-refractivity contribution in [3.05, 3.63) is 42.5 Å². The highest BCUT2D eigenvalue weighted by Crippen LogP contribution is 2.16. The molecule has 7 nitrogen and oxygen atoms in total. The minimum absolute atomic E-state index is 0.0609. The van der Waals surface area contributed by atoms with Crippen molar-refractivity contribution >= 4 is 11.8 Å². The van der Waals surface area contributed by atoms with Crippen LogP contribution in [0.1, 0.15) is 45.7 Å². The van der Waals surface area contributed by atoms with Crippen molar-refractivity contribution in [2.45, 2.75) is 46.2 Å². The van der Waals surface area contributed by atoms with Gasteiger partial charge in [0.1, 0.15) is 18.7 Å². The Bertz CT molecular complexity index is 697. The Balaban J connectivity index is 2.05. The third-order valence-electron chi connectivity index (χ3n) is 4.29. The number of amides is 2. The lowest BCUT2D eigenvalue weighted by atomic mass is 9.97. The molecule has 3 atom stereocenters. The zero-order chi connectivity index (χ0) is 18.4. The number of aromatic nitrogens is 3. The average Bonchev–Trinajstić information content (AvgIpc) is 3.13. The fourth-order valence-electron chi connectivity index (χ4n) is 2.56. The summed E-state index contributed by atoms with van der Waals surface area (Å²) in [6.07, 6.45) is 3.91. The van der Waals surface area contributed by atoms with Gasteiger partial charge in [0, 0.05) is 6.92 Å². The fraction of sp³-hybridized carbons (Fsp3) is 0.444. The zero-order valence-electron chi connectivity index (χ0n) is 15.1. The van der Waals surface area contributed by atoms with E-state index in [9.17, 15) is 9.59 Å². The van der Waals surface area contributed by atoms with Gasteiger partial charge in [0.25, 0.3) is 0 Å². The van der Waals surface area contributed by atoms with Gasteiger partial charge in [0.05, 0.1) is 11.7 Å². The minimum atomic E-state index is -0.528. The second kappa shape index (κ2) is 8.41. The van der Waals surface area contributed by atoms with Crippen LogP contribution in [0, 0.1) is 5.92 Å². The standard InChI is InChI=1S/C18H25N5O2/c1-5-12(2)17(22-14(4)24)18(25)21-13(3)15-6-8-16(9-7-15)23-11-19-10-20-23/h6-13,17H,5H2,1-4H3,(H,21,25)(H,22,24)/t12-,13-,17-/m0/s1. The Kier molecular flexibility index (Phi) is 6.27. The summed E-state index contributed by atoms with van der Waals surface area (Å²) in [6.45, 7) is 7.30. The summed E-state index contributed by atoms with van der Waals surface area (Å²) in [4.78, 5) is 27.9. The molecule has 1 heterocycles. The van der Waals surface area contributed by atoms with E-state index in [1.165, 1.54) is 13.3 Å². The van der Waals surface area contributed by atoms with Gasteiger partial charge in [-0.3, -0.25) is 9.59 Å². The van der Waals surface area contributed by atoms with E-state index in [0.717, 1.165) is 17.7 Å². The second-order valence-electron chi connectivity index (χ2n) is 6.23. The van der Waals surface area contributed by atoms with Crippen molar-refractivity contribution in [2.75, 3.05) is 0 Å². The van der Waals surface area contributed by atoms with E-state index in [-0.39, 0.29) is 23.8 Å². The predicted octanol–water partition coefficient (Wildman–Crippen LogP) is 2.00. The number of hydrogen-bond donors (Lipinski definition) is 2. The number of benzene rings is 1. The van der Waals surface area contributed by atoms with Gasteiger partial charge in [-0.25, -0.2) is 9.67 Å². The summed E-state index contributed by atoms with van der Waals surface area (Å²) in [5.41, 5.74) is 1.87. The zero-order valence-corrected chi connectivity index (χ0v) is 15.1. The van der Waals surface area contributed by atoms with Crippen LogP contribution in [0.2, 0.25) is 0 Å². The van der Waals surface area contributed by atoms with Crippen LogP contribution < -0.4 is 10.6 Å². The van der Waals surface area contributed by atoms with E-state index in [2.05, 4.69) is 20.7 Å². The Morgan fingerprint density at radius 1 is 1.16 bits per heavy atom. The van der Waals surface area contributed by atoms with Crippen LogP contribution >= 0.6 is 0 Å². The van der Waals surface area contributed by atoms with E-state index in [0.29, 0.717) is 0 Å². The molecule has 2 amide bonds. The van der Waals surface area contributed by atoms with Crippen LogP contribution in [-0.4, -0.2) is 32.6 Å². The molecule has 0 radical (unpaired) electrons. The first kappa shape index (κ1) is 18.6. The van der Waals surface area contributed by atoms with Crippen molar-refractivity contribution < 1.29 is 9.59 Å². The lowest BCUT2D eigenvalue weighted by Crippen LogP contribution is -2.50. The number of rotatable bonds is 7. The average molecular weight is 343 g/mol. The number of carbonyl (C=O) groups is 2. The Hall–Kier alpha value is -2.70. The summed E-state index contributed by atoms with van der Waals surface area (Å²) >= 11 is 0. The van der Waals surface area contributed by atoms with Gasteiger partial charge >= 0.3 is 0 Å². The second-order valence-corrected chi connectivity index (χ2v) is 6.23. The fourth-order valence-corrected chi connectivity index (χ4v) is 2.56. The molecule has 1 aromatic carbocycles. The monoisotopic (exact) mass is 343 g/mol. The van der Waals surface area contributed by atoms with E-state index in [4.69, 9.17) is 0 Å². The smallest absolute Gasteiger partial charge is 0.243 e. The van der Waals surface area contributed by atoms with Crippen LogP contribution in [-0.2, 0) is 9.59 Å². The van der Waals surface area contributed by atoms with Gasteiger partial charge < -0.3 is 10.6 Å². The highest BCUT2D eigenvalue weighted by atomic mass is 16.2. The lowest BCUT2D eigenvalue weighted by molar-refractivity contribution is -0.129. The molecule has 0 aliphatic heterocycles. The van der Waals surface area contributed by atoms with Crippen LogP contribution in [0.5, 0.6) is 0 Å². The summed E-state index contributed by atoms with van der Waals surface area (Å²) in [5, 5.41) is 9.81. The molecule has 2 N–H and O–H groups in total. The first-order valence-corrected chi connectivity index (χ1v) is 8.44. The van der Waals surface area contributed by atoms with E-state index in [1.54, 1.807) is 11.0 Å². The molecular weight excluding hydrogens is 318 g/mol. The van der Waals surface area contributed by atoms with Gasteiger partial charge in [-0.15, -0.1) is 0 Å². The number of hydrogen-bond acceptors (Lipinski definition) is 4. The van der Waals surface area contributed by atoms with Crippen molar-refractivity contribution in [3.63, 3.8) is 0 Å². The van der Waals surface area contributed by atoms with Crippen molar-refractivity contribution in [2.24, 2.45) is 5.92 Å². The van der Waals surface area contributed by atoms with Crippen molar-refractivity contribution in [3.8, 4) is 5.69 Å². The maximum absolute atomic E-state index is 12.6. The minimum Gasteiger partial charge on any atom is -0.348 e. The first-order chi connectivity index (χ1) is 11.9. The van der Waals surface area contributed by atoms with Crippen molar-refractivity contribution in [1.82, 2.24) is 25.4 Å². The molecule has 0 saturated carbocycles. The summed E-state index contributed by atoms with van der Waals surface area (Å²) < 4.78 is 1.67. The van der Waals surface area contributed by atoms with Crippen molar-refractivity contribution in [1.29, 1.82) is 0 Å². The molecule has 0 saturated heterocycles. The quantitative estimate of drug-likeness (QED) is 0.805. The van der Waals surface area contributed by atoms with Crippen LogP contribution in [0.25, 0.3) is 5.69 Å². The van der Waals surface area contributed by atoms with E-state index in [1.807, 2.05) is 45.0 Å². The highest BCUT2D eigenvalue weighted by Gasteiger charge is 2.26. The normalized spacial score (nSPS) is 14.4. The molecule has 7 heteroatoms. The van der Waals surface area contributed by atoms with Gasteiger partial charge in [-0.1, -0.05) is 32.4 Å². The molecule has 2 rings (SSSR count). The summed E-state index contributed by atoms with van der Waals surface area (Å²) in [5.74, 6) is -0.312. The molecule has 0 unspecified atom stereocenters. The molecule has 0 aliphatic rings. The Labute approximate surface area is 147 Å². The topological polar surface area (TPSA) is 88.9 Å². The number of nitrogens with zero attached hydrogens (tertiary/aromatic N) is 3. The molecular formula is C18H25N5O2. The predicted molar refractivity (Wildman–Crippen MR) is 95.0 cm³/mol. The van der Waals surface area contributed by atoms with Crippen LogP contribution in [0.3, 0.4) is 0 Å². The molecule has 25 heavy (non-hydrogen) atoms. The molecule has 2 aromatic rings. The molecule has 134 valence electrons. The molecule has 0 fully saturated rings. The Morgan fingerprint density at radius 2 is 1.84 bits per heavy atom. The van der Waals surface area contributed by atoms with E-state index >= 15 is 0 Å². The highest BCUT2D eigenvalue weighted by molar-refractivity contribution is 5.87. The van der Waals surface area contributed by atoms with E-state index < -0.39 is 6.04 Å². The van der Waals surface area contributed by atoms with Gasteiger partial charge in [-0.2, -0.15) is 5.10 Å². The third-order valence-corrected chi connectivity index (χ3v) is 4.29. The Morgan fingerprint density at radius 3 is 2.36 bits per heavy atom. The largest absolute Gasteiger partial charge is 0.348 e.